The van der Waals surface area contributed by atoms with E-state index in [2.05, 4.69) is 44.3 Å². The maximum absolute atomic E-state index is 13.5. The topological polar surface area (TPSA) is 30.5 Å². The highest BCUT2D eigenvalue weighted by atomic mass is 18.2. The fourth-order valence-corrected chi connectivity index (χ4v) is 4.93. The van der Waals surface area contributed by atoms with E-state index in [1.165, 1.54) is 23.3 Å². The van der Waals surface area contributed by atoms with Crippen LogP contribution in [-0.2, 0) is 6.42 Å². The highest BCUT2D eigenvalue weighted by molar-refractivity contribution is 5.91. The monoisotopic (exact) mass is 414 g/mol. The summed E-state index contributed by atoms with van der Waals surface area (Å²) in [6, 6.07) is 16.9. The van der Waals surface area contributed by atoms with Crippen LogP contribution in [0.15, 0.2) is 60.7 Å². The fourth-order valence-electron chi connectivity index (χ4n) is 4.93. The molecule has 0 bridgehead atoms. The van der Waals surface area contributed by atoms with Gasteiger partial charge in [0.05, 0.1) is 18.2 Å². The van der Waals surface area contributed by atoms with Crippen molar-refractivity contribution in [2.24, 2.45) is 0 Å². The zero-order valence-electron chi connectivity index (χ0n) is 18.3. The number of anilines is 1. The third-order valence-corrected chi connectivity index (χ3v) is 6.08. The summed E-state index contributed by atoms with van der Waals surface area (Å²) >= 11 is 0. The number of allylic oxidation sites excluding steroid dienone is 1. The molecule has 3 aromatic rings. The van der Waals surface area contributed by atoms with Crippen molar-refractivity contribution in [3.63, 3.8) is 0 Å². The van der Waals surface area contributed by atoms with Gasteiger partial charge in [0.1, 0.15) is 23.4 Å². The normalized spacial score (nSPS) is 18.0. The minimum atomic E-state index is -0.230. The lowest BCUT2D eigenvalue weighted by molar-refractivity contribution is 0.201. The predicted molar refractivity (Wildman–Crippen MR) is 123 cm³/mol. The molecule has 5 rings (SSSR count). The number of nitrogens with one attached hydrogen (secondary N) is 1. The minimum absolute atomic E-state index is 0.122. The van der Waals surface area contributed by atoms with Crippen molar-refractivity contribution in [2.75, 3.05) is 12.4 Å². The molecule has 2 heterocycles. The quantitative estimate of drug-likeness (QED) is 0.512. The van der Waals surface area contributed by atoms with E-state index in [0.717, 1.165) is 39.4 Å². The lowest BCUT2D eigenvalue weighted by Gasteiger charge is -2.37. The minimum Gasteiger partial charge on any atom is -0.496 e. The van der Waals surface area contributed by atoms with Crippen molar-refractivity contribution in [1.82, 2.24) is 0 Å². The second-order valence-corrected chi connectivity index (χ2v) is 8.89. The van der Waals surface area contributed by atoms with Crippen LogP contribution in [0.4, 0.5) is 10.1 Å². The van der Waals surface area contributed by atoms with Crippen LogP contribution in [0.2, 0.25) is 0 Å². The smallest absolute Gasteiger partial charge is 0.131 e. The van der Waals surface area contributed by atoms with Gasteiger partial charge in [-0.25, -0.2) is 4.39 Å². The maximum atomic E-state index is 13.5. The molecule has 1 unspecified atom stereocenters. The number of hydrogen-bond acceptors (Lipinski definition) is 3. The Hall–Kier alpha value is -3.27. The van der Waals surface area contributed by atoms with Crippen molar-refractivity contribution in [1.29, 1.82) is 0 Å². The standard InChI is InChI=1S/C27H26FNO2/c1-16-15-27(2,3)29-20-13-12-19-25-21(30-4)6-5-7-22(25)31-23(26(19)24(16)20)14-17-8-10-18(28)11-9-17/h5-13,15,23,29H,14H2,1-4H3/i28-1. The molecule has 0 fully saturated rings. The lowest BCUT2D eigenvalue weighted by atomic mass is 9.80. The van der Waals surface area contributed by atoms with E-state index in [4.69, 9.17) is 9.47 Å². The zero-order valence-corrected chi connectivity index (χ0v) is 18.3. The van der Waals surface area contributed by atoms with Crippen LogP contribution in [-0.4, -0.2) is 12.6 Å². The Morgan fingerprint density at radius 3 is 2.55 bits per heavy atom. The molecule has 3 aromatic carbocycles. The summed E-state index contributed by atoms with van der Waals surface area (Å²) in [4.78, 5) is 0. The first kappa shape index (κ1) is 19.7. The van der Waals surface area contributed by atoms with E-state index in [-0.39, 0.29) is 17.5 Å². The summed E-state index contributed by atoms with van der Waals surface area (Å²) in [5.41, 5.74) is 7.68. The lowest BCUT2D eigenvalue weighted by Crippen LogP contribution is -2.32. The van der Waals surface area contributed by atoms with Crippen LogP contribution in [0.3, 0.4) is 0 Å². The van der Waals surface area contributed by atoms with Gasteiger partial charge in [-0.05, 0) is 67.8 Å². The van der Waals surface area contributed by atoms with Gasteiger partial charge in [-0.15, -0.1) is 0 Å². The van der Waals surface area contributed by atoms with Gasteiger partial charge in [-0.3, -0.25) is 0 Å². The van der Waals surface area contributed by atoms with E-state index in [1.54, 1.807) is 7.11 Å². The molecule has 2 aliphatic rings. The summed E-state index contributed by atoms with van der Waals surface area (Å²) < 4.78 is 25.7. The van der Waals surface area contributed by atoms with Crippen molar-refractivity contribution >= 4 is 11.3 Å². The van der Waals surface area contributed by atoms with E-state index in [1.807, 2.05) is 30.3 Å². The van der Waals surface area contributed by atoms with Crippen molar-refractivity contribution < 1.29 is 13.9 Å². The zero-order chi connectivity index (χ0) is 21.8. The number of ether oxygens (including phenoxy) is 2. The molecule has 1 N–H and O–H groups in total. The molecule has 0 aromatic heterocycles. The molecule has 0 amide bonds. The van der Waals surface area contributed by atoms with E-state index >= 15 is 0 Å². The molecule has 158 valence electrons. The average molecular weight is 415 g/mol. The largest absolute Gasteiger partial charge is 0.496 e. The third kappa shape index (κ3) is 3.36. The van der Waals surface area contributed by atoms with Crippen LogP contribution in [0.5, 0.6) is 11.5 Å². The number of rotatable bonds is 3. The molecular formula is C27H26FNO2. The maximum Gasteiger partial charge on any atom is 0.131 e. The molecule has 31 heavy (non-hydrogen) atoms. The Morgan fingerprint density at radius 1 is 1.03 bits per heavy atom. The second-order valence-electron chi connectivity index (χ2n) is 8.89. The SMILES string of the molecule is COc1cccc2c1-c1ccc3c(c1C(Cc1ccc([18F])cc1)O2)C(C)=CC(C)(C)N3. The number of halogens is 1. The second kappa shape index (κ2) is 7.16. The Bertz CT molecular complexity index is 1190. The molecule has 3 nitrogen and oxygen atoms in total. The summed E-state index contributed by atoms with van der Waals surface area (Å²) in [5.74, 6) is 1.38. The van der Waals surface area contributed by atoms with Crippen LogP contribution >= 0.6 is 0 Å². The van der Waals surface area contributed by atoms with E-state index < -0.39 is 0 Å². The molecule has 0 saturated carbocycles. The molecule has 0 saturated heterocycles. The highest BCUT2D eigenvalue weighted by Crippen LogP contribution is 2.52. The molecule has 4 heteroatoms. The molecule has 2 aliphatic heterocycles. The van der Waals surface area contributed by atoms with Gasteiger partial charge in [-0.2, -0.15) is 0 Å². The number of methoxy groups -OCH3 is 1. The van der Waals surface area contributed by atoms with Crippen molar-refractivity contribution in [3.8, 4) is 22.6 Å². The number of benzene rings is 3. The molecule has 0 spiro atoms. The van der Waals surface area contributed by atoms with Crippen LogP contribution in [0, 0.1) is 5.82 Å². The van der Waals surface area contributed by atoms with Crippen LogP contribution in [0.1, 0.15) is 43.6 Å². The first-order valence-corrected chi connectivity index (χ1v) is 10.6. The van der Waals surface area contributed by atoms with E-state index in [0.29, 0.717) is 6.42 Å². The summed E-state index contributed by atoms with van der Waals surface area (Å²) in [6.45, 7) is 6.50. The first-order valence-electron chi connectivity index (χ1n) is 10.6. The van der Waals surface area contributed by atoms with Gasteiger partial charge in [-0.1, -0.05) is 30.3 Å². The molecule has 0 aliphatic carbocycles. The first-order chi connectivity index (χ1) is 14.9. The summed E-state index contributed by atoms with van der Waals surface area (Å²) in [5, 5.41) is 3.65. The van der Waals surface area contributed by atoms with Gasteiger partial charge in [0.2, 0.25) is 0 Å². The van der Waals surface area contributed by atoms with Crippen molar-refractivity contribution in [3.05, 3.63) is 83.2 Å². The fraction of sp³-hybridized carbons (Fsp3) is 0.259. The van der Waals surface area contributed by atoms with Crippen molar-refractivity contribution in [2.45, 2.75) is 38.8 Å². The predicted octanol–water partition coefficient (Wildman–Crippen LogP) is 6.78. The Morgan fingerprint density at radius 2 is 1.81 bits per heavy atom. The van der Waals surface area contributed by atoms with Gasteiger partial charge >= 0.3 is 0 Å². The summed E-state index contributed by atoms with van der Waals surface area (Å²) in [7, 11) is 1.69. The third-order valence-electron chi connectivity index (χ3n) is 6.08. The number of fused-ring (bicyclic) bond motifs is 5. The highest BCUT2D eigenvalue weighted by Gasteiger charge is 2.34. The number of hydrogen-bond donors (Lipinski definition) is 1. The van der Waals surface area contributed by atoms with Crippen LogP contribution < -0.4 is 14.8 Å². The van der Waals surface area contributed by atoms with Crippen LogP contribution in [0.25, 0.3) is 16.7 Å². The summed E-state index contributed by atoms with van der Waals surface area (Å²) in [6.07, 6.45) is 2.72. The molecule has 1 atom stereocenters. The van der Waals surface area contributed by atoms with Gasteiger partial charge in [0.15, 0.2) is 0 Å². The Labute approximate surface area is 182 Å². The Balaban J connectivity index is 1.73. The van der Waals surface area contributed by atoms with Gasteiger partial charge in [0, 0.05) is 23.2 Å². The Kier molecular flexibility index (Phi) is 4.54. The molecule has 0 radical (unpaired) electrons. The van der Waals surface area contributed by atoms with E-state index in [9.17, 15) is 4.39 Å². The molecular weight excluding hydrogens is 388 g/mol. The average Bonchev–Trinajstić information content (AvgIpc) is 2.73. The van der Waals surface area contributed by atoms with Gasteiger partial charge in [0.25, 0.3) is 0 Å². The van der Waals surface area contributed by atoms with Gasteiger partial charge < -0.3 is 14.8 Å².